The van der Waals surface area contributed by atoms with E-state index in [0.717, 1.165) is 70.6 Å². The Hall–Kier alpha value is -2.63. The molecule has 73 heavy (non-hydrogen) atoms. The first-order valence-electron chi connectivity index (χ1n) is 32.1. The minimum Gasteiger partial charge on any atom is -0.462 e. The summed E-state index contributed by atoms with van der Waals surface area (Å²) < 4.78 is 17.0. The van der Waals surface area contributed by atoms with Crippen molar-refractivity contribution in [1.82, 2.24) is 0 Å². The van der Waals surface area contributed by atoms with Gasteiger partial charge in [0.1, 0.15) is 13.2 Å². The number of hydrogen-bond donors (Lipinski definition) is 0. The molecule has 0 heterocycles. The summed E-state index contributed by atoms with van der Waals surface area (Å²) in [5.41, 5.74) is 0. The van der Waals surface area contributed by atoms with E-state index < -0.39 is 6.10 Å². The quantitative estimate of drug-likeness (QED) is 0.0261. The van der Waals surface area contributed by atoms with Gasteiger partial charge in [-0.3, -0.25) is 14.4 Å². The summed E-state index contributed by atoms with van der Waals surface area (Å²) in [5.74, 6) is -0.858. The molecule has 0 aliphatic carbocycles. The molecule has 6 heteroatoms. The largest absolute Gasteiger partial charge is 0.462 e. The van der Waals surface area contributed by atoms with E-state index in [1.165, 1.54) is 231 Å². The number of carbonyl (C=O) groups is 3. The smallest absolute Gasteiger partial charge is 0.306 e. The van der Waals surface area contributed by atoms with Crippen LogP contribution in [0.3, 0.4) is 0 Å². The van der Waals surface area contributed by atoms with Crippen LogP contribution in [-0.4, -0.2) is 37.2 Å². The Bertz CT molecular complexity index is 1200. The first-order chi connectivity index (χ1) is 36.0. The second kappa shape index (κ2) is 61.9. The summed E-state index contributed by atoms with van der Waals surface area (Å²) in [7, 11) is 0. The van der Waals surface area contributed by atoms with Crippen LogP contribution in [0.15, 0.2) is 48.6 Å². The van der Waals surface area contributed by atoms with E-state index in [9.17, 15) is 14.4 Å². The first kappa shape index (κ1) is 70.4. The van der Waals surface area contributed by atoms with E-state index in [2.05, 4.69) is 69.4 Å². The topological polar surface area (TPSA) is 78.9 Å². The molecule has 0 radical (unpaired) electrons. The van der Waals surface area contributed by atoms with E-state index in [1.54, 1.807) is 0 Å². The lowest BCUT2D eigenvalue weighted by Gasteiger charge is -2.18. The van der Waals surface area contributed by atoms with Crippen molar-refractivity contribution in [2.24, 2.45) is 0 Å². The van der Waals surface area contributed by atoms with Crippen LogP contribution in [0.2, 0.25) is 0 Å². The van der Waals surface area contributed by atoms with Gasteiger partial charge in [-0.1, -0.05) is 288 Å². The highest BCUT2D eigenvalue weighted by Gasteiger charge is 2.19. The van der Waals surface area contributed by atoms with Gasteiger partial charge in [-0.15, -0.1) is 0 Å². The molecule has 0 aliphatic heterocycles. The molecule has 0 spiro atoms. The molecule has 0 amide bonds. The van der Waals surface area contributed by atoms with Gasteiger partial charge < -0.3 is 14.2 Å². The summed E-state index contributed by atoms with van der Waals surface area (Å²) in [5, 5.41) is 0. The van der Waals surface area contributed by atoms with Gasteiger partial charge in [0.05, 0.1) is 0 Å². The Morgan fingerprint density at radius 1 is 0.274 bits per heavy atom. The number of hydrogen-bond acceptors (Lipinski definition) is 6. The average Bonchev–Trinajstić information content (AvgIpc) is 3.39. The van der Waals surface area contributed by atoms with Crippen molar-refractivity contribution >= 4 is 17.9 Å². The second-order valence-electron chi connectivity index (χ2n) is 21.7. The van der Waals surface area contributed by atoms with Crippen LogP contribution in [0.25, 0.3) is 0 Å². The van der Waals surface area contributed by atoms with Gasteiger partial charge in [-0.05, 0) is 83.5 Å². The SMILES string of the molecule is CCCCC/C=C\C/C=C\CCCCCCCCCCCC(=O)OCC(COC(=O)CCCCCCCCCCC/C=C\C/C=C\CCCCC)OC(=O)CCCCCCCCCCCCCCCCCCC. The fourth-order valence-corrected chi connectivity index (χ4v) is 9.45. The van der Waals surface area contributed by atoms with Crippen molar-refractivity contribution in [2.45, 2.75) is 348 Å². The minimum atomic E-state index is -0.775. The number of ether oxygens (including phenoxy) is 3. The Morgan fingerprint density at radius 3 is 0.781 bits per heavy atom. The van der Waals surface area contributed by atoms with E-state index >= 15 is 0 Å². The van der Waals surface area contributed by atoms with Crippen LogP contribution in [0, 0.1) is 0 Å². The monoisotopic (exact) mass is 1020 g/mol. The van der Waals surface area contributed by atoms with E-state index in [-0.39, 0.29) is 31.1 Å². The van der Waals surface area contributed by atoms with Crippen LogP contribution < -0.4 is 0 Å². The highest BCUT2D eigenvalue weighted by atomic mass is 16.6. The zero-order valence-corrected chi connectivity index (χ0v) is 48.9. The molecule has 0 aromatic carbocycles. The molecule has 0 aliphatic rings. The normalized spacial score (nSPS) is 11.9. The first-order valence-corrected chi connectivity index (χ1v) is 32.1. The summed E-state index contributed by atoms with van der Waals surface area (Å²) in [6.07, 6.45) is 76.8. The third-order valence-electron chi connectivity index (χ3n) is 14.3. The molecular weight excluding hydrogens is 901 g/mol. The molecule has 6 nitrogen and oxygen atoms in total. The van der Waals surface area contributed by atoms with Crippen LogP contribution in [0.1, 0.15) is 342 Å². The van der Waals surface area contributed by atoms with Gasteiger partial charge in [-0.25, -0.2) is 0 Å². The number of unbranched alkanes of at least 4 members (excludes halogenated alkanes) is 40. The second-order valence-corrected chi connectivity index (χ2v) is 21.7. The standard InChI is InChI=1S/C67H122O6/c1-4-7-10-13-16-19-22-25-28-31-33-36-38-41-44-47-50-53-56-59-65(68)71-62-64(73-67(70)61-58-55-52-49-46-43-40-35-30-27-24-21-18-15-12-9-6-3)63-72-66(69)60-57-54-51-48-45-42-39-37-34-32-29-26-23-20-17-14-11-8-5-2/h16-17,19-20,25-26,28-29,64H,4-15,18,21-24,27,30-63H2,1-3H3/b19-16-,20-17-,28-25-,29-26-. The van der Waals surface area contributed by atoms with Gasteiger partial charge in [0.15, 0.2) is 6.10 Å². The fourth-order valence-electron chi connectivity index (χ4n) is 9.45. The van der Waals surface area contributed by atoms with Crippen LogP contribution in [0.5, 0.6) is 0 Å². The summed E-state index contributed by atoms with van der Waals surface area (Å²) in [6.45, 7) is 6.64. The van der Waals surface area contributed by atoms with Crippen molar-refractivity contribution < 1.29 is 28.6 Å². The third-order valence-corrected chi connectivity index (χ3v) is 14.3. The van der Waals surface area contributed by atoms with E-state index in [0.29, 0.717) is 19.3 Å². The van der Waals surface area contributed by atoms with Gasteiger partial charge in [0, 0.05) is 19.3 Å². The zero-order chi connectivity index (χ0) is 52.9. The number of rotatable bonds is 59. The molecule has 0 aromatic heterocycles. The molecule has 0 aromatic rings. The number of allylic oxidation sites excluding steroid dienone is 8. The fraction of sp³-hybridized carbons (Fsp3) is 0.836. The Morgan fingerprint density at radius 2 is 0.493 bits per heavy atom. The molecular formula is C67H122O6. The van der Waals surface area contributed by atoms with Gasteiger partial charge in [0.25, 0.3) is 0 Å². The van der Waals surface area contributed by atoms with Crippen LogP contribution >= 0.6 is 0 Å². The minimum absolute atomic E-state index is 0.0730. The molecule has 0 bridgehead atoms. The lowest BCUT2D eigenvalue weighted by atomic mass is 10.0. The predicted octanol–water partition coefficient (Wildman–Crippen LogP) is 21.8. The van der Waals surface area contributed by atoms with Gasteiger partial charge in [-0.2, -0.15) is 0 Å². The molecule has 0 fully saturated rings. The molecule has 0 atom stereocenters. The lowest BCUT2D eigenvalue weighted by Crippen LogP contribution is -2.30. The summed E-state index contributed by atoms with van der Waals surface area (Å²) in [6, 6.07) is 0. The molecule has 0 N–H and O–H groups in total. The predicted molar refractivity (Wildman–Crippen MR) is 316 cm³/mol. The Balaban J connectivity index is 4.35. The maximum atomic E-state index is 12.9. The van der Waals surface area contributed by atoms with Gasteiger partial charge in [0.2, 0.25) is 0 Å². The van der Waals surface area contributed by atoms with E-state index in [4.69, 9.17) is 14.2 Å². The Labute approximate surface area is 454 Å². The van der Waals surface area contributed by atoms with Crippen molar-refractivity contribution in [3.05, 3.63) is 48.6 Å². The van der Waals surface area contributed by atoms with Crippen molar-refractivity contribution in [3.8, 4) is 0 Å². The summed E-state index contributed by atoms with van der Waals surface area (Å²) >= 11 is 0. The maximum absolute atomic E-state index is 12.9. The summed E-state index contributed by atoms with van der Waals surface area (Å²) in [4.78, 5) is 38.3. The highest BCUT2D eigenvalue weighted by molar-refractivity contribution is 5.71. The average molecular weight is 1020 g/mol. The third kappa shape index (κ3) is 60.1. The van der Waals surface area contributed by atoms with Crippen molar-refractivity contribution in [2.75, 3.05) is 13.2 Å². The van der Waals surface area contributed by atoms with Crippen LogP contribution in [-0.2, 0) is 28.6 Å². The maximum Gasteiger partial charge on any atom is 0.306 e. The Kier molecular flexibility index (Phi) is 59.7. The molecule has 0 saturated carbocycles. The lowest BCUT2D eigenvalue weighted by molar-refractivity contribution is -0.167. The number of esters is 3. The molecule has 0 rings (SSSR count). The molecule has 426 valence electrons. The van der Waals surface area contributed by atoms with Crippen molar-refractivity contribution in [3.63, 3.8) is 0 Å². The number of carbonyl (C=O) groups excluding carboxylic acids is 3. The van der Waals surface area contributed by atoms with Crippen molar-refractivity contribution in [1.29, 1.82) is 0 Å². The zero-order valence-electron chi connectivity index (χ0n) is 48.9. The van der Waals surface area contributed by atoms with Gasteiger partial charge >= 0.3 is 17.9 Å². The highest BCUT2D eigenvalue weighted by Crippen LogP contribution is 2.17. The van der Waals surface area contributed by atoms with Crippen LogP contribution in [0.4, 0.5) is 0 Å². The molecule has 0 unspecified atom stereocenters. The van der Waals surface area contributed by atoms with E-state index in [1.807, 2.05) is 0 Å². The molecule has 0 saturated heterocycles.